The topological polar surface area (TPSA) is 95.0 Å². The molecule has 0 atom stereocenters. The number of halogens is 1. The zero-order valence-electron chi connectivity index (χ0n) is 12.2. The second-order valence-corrected chi connectivity index (χ2v) is 6.88. The molecule has 1 N–H and O–H groups in total. The van der Waals surface area contributed by atoms with Crippen LogP contribution in [0.4, 0.5) is 4.39 Å². The number of aliphatic carboxylic acids is 1. The molecule has 1 rings (SSSR count). The standard InChI is InChI=1S/C13H17FN2O5S/c1-15(22(2,20)21)8-12(17)16(9-13(18)19)7-10-3-5-11(14)6-4-10/h3-6H,7-9H2,1-2H3,(H,18,19). The third-order valence-electron chi connectivity index (χ3n) is 2.89. The Morgan fingerprint density at radius 3 is 2.18 bits per heavy atom. The van der Waals surface area contributed by atoms with Crippen LogP contribution in [0.2, 0.25) is 0 Å². The fourth-order valence-electron chi connectivity index (χ4n) is 1.61. The van der Waals surface area contributed by atoms with E-state index in [1.54, 1.807) is 0 Å². The van der Waals surface area contributed by atoms with E-state index in [9.17, 15) is 22.4 Å². The number of rotatable bonds is 7. The number of nitrogens with zero attached hydrogens (tertiary/aromatic N) is 2. The first-order chi connectivity index (χ1) is 10.1. The highest BCUT2D eigenvalue weighted by Gasteiger charge is 2.22. The predicted molar refractivity (Wildman–Crippen MR) is 76.9 cm³/mol. The summed E-state index contributed by atoms with van der Waals surface area (Å²) in [5.74, 6) is -2.33. The van der Waals surface area contributed by atoms with Gasteiger partial charge in [0.15, 0.2) is 0 Å². The minimum absolute atomic E-state index is 0.0526. The Morgan fingerprint density at radius 2 is 1.73 bits per heavy atom. The van der Waals surface area contributed by atoms with Crippen LogP contribution in [0.1, 0.15) is 5.56 Å². The van der Waals surface area contributed by atoms with Crippen LogP contribution in [0.3, 0.4) is 0 Å². The van der Waals surface area contributed by atoms with Crippen molar-refractivity contribution in [3.8, 4) is 0 Å². The van der Waals surface area contributed by atoms with Crippen molar-refractivity contribution in [2.75, 3.05) is 26.4 Å². The Kier molecular flexibility index (Phi) is 6.01. The van der Waals surface area contributed by atoms with Gasteiger partial charge in [0.1, 0.15) is 12.4 Å². The lowest BCUT2D eigenvalue weighted by atomic mass is 10.2. The number of benzene rings is 1. The van der Waals surface area contributed by atoms with E-state index in [0.29, 0.717) is 5.56 Å². The van der Waals surface area contributed by atoms with Gasteiger partial charge in [0.25, 0.3) is 0 Å². The number of amides is 1. The molecule has 1 aromatic rings. The Balaban J connectivity index is 2.85. The molecule has 0 radical (unpaired) electrons. The molecule has 0 aliphatic heterocycles. The molecular weight excluding hydrogens is 315 g/mol. The summed E-state index contributed by atoms with van der Waals surface area (Å²) >= 11 is 0. The van der Waals surface area contributed by atoms with E-state index < -0.39 is 40.8 Å². The third kappa shape index (κ3) is 5.78. The van der Waals surface area contributed by atoms with Crippen molar-refractivity contribution in [1.29, 1.82) is 0 Å². The van der Waals surface area contributed by atoms with Crippen molar-refractivity contribution in [3.63, 3.8) is 0 Å². The van der Waals surface area contributed by atoms with Crippen molar-refractivity contribution < 1.29 is 27.5 Å². The molecule has 0 spiro atoms. The molecule has 0 unspecified atom stereocenters. The van der Waals surface area contributed by atoms with E-state index >= 15 is 0 Å². The summed E-state index contributed by atoms with van der Waals surface area (Å²) in [7, 11) is -2.32. The van der Waals surface area contributed by atoms with Crippen molar-refractivity contribution in [1.82, 2.24) is 9.21 Å². The van der Waals surface area contributed by atoms with Gasteiger partial charge < -0.3 is 10.0 Å². The van der Waals surface area contributed by atoms with Gasteiger partial charge in [-0.25, -0.2) is 12.8 Å². The summed E-state index contributed by atoms with van der Waals surface area (Å²) in [6.07, 6.45) is 0.946. The molecule has 0 bridgehead atoms. The van der Waals surface area contributed by atoms with Crippen molar-refractivity contribution in [2.24, 2.45) is 0 Å². The minimum Gasteiger partial charge on any atom is -0.480 e. The van der Waals surface area contributed by atoms with Crippen LogP contribution in [0.25, 0.3) is 0 Å². The molecular formula is C13H17FN2O5S. The maximum absolute atomic E-state index is 12.8. The molecule has 0 saturated carbocycles. The number of carbonyl (C=O) groups is 2. The molecule has 7 nitrogen and oxygen atoms in total. The van der Waals surface area contributed by atoms with Gasteiger partial charge in [0.2, 0.25) is 15.9 Å². The number of hydrogen-bond donors (Lipinski definition) is 1. The average Bonchev–Trinajstić information content (AvgIpc) is 2.38. The van der Waals surface area contributed by atoms with E-state index in [2.05, 4.69) is 0 Å². The van der Waals surface area contributed by atoms with Crippen LogP contribution in [-0.2, 0) is 26.2 Å². The summed E-state index contributed by atoms with van der Waals surface area (Å²) in [5, 5.41) is 8.86. The van der Waals surface area contributed by atoms with Crippen LogP contribution in [0, 0.1) is 5.82 Å². The summed E-state index contributed by atoms with van der Waals surface area (Å²) in [5.41, 5.74) is 0.540. The van der Waals surface area contributed by atoms with Gasteiger partial charge in [0.05, 0.1) is 12.8 Å². The number of carboxylic acids is 1. The first-order valence-electron chi connectivity index (χ1n) is 6.25. The molecule has 0 fully saturated rings. The van der Waals surface area contributed by atoms with E-state index in [1.807, 2.05) is 0 Å². The molecule has 0 aromatic heterocycles. The number of hydrogen-bond acceptors (Lipinski definition) is 4. The Labute approximate surface area is 128 Å². The van der Waals surface area contributed by atoms with Crippen LogP contribution in [-0.4, -0.2) is 61.0 Å². The van der Waals surface area contributed by atoms with E-state index in [-0.39, 0.29) is 6.54 Å². The van der Waals surface area contributed by atoms with Gasteiger partial charge in [-0.3, -0.25) is 9.59 Å². The SMILES string of the molecule is CN(CC(=O)N(CC(=O)O)Cc1ccc(F)cc1)S(C)(=O)=O. The van der Waals surface area contributed by atoms with Crippen molar-refractivity contribution in [2.45, 2.75) is 6.54 Å². The molecule has 1 amide bonds. The normalized spacial score (nSPS) is 11.5. The predicted octanol–water partition coefficient (Wildman–Crippen LogP) is 0.130. The lowest BCUT2D eigenvalue weighted by Crippen LogP contribution is -2.42. The number of sulfonamides is 1. The van der Waals surface area contributed by atoms with E-state index in [4.69, 9.17) is 5.11 Å². The molecule has 0 aliphatic carbocycles. The van der Waals surface area contributed by atoms with E-state index in [1.165, 1.54) is 31.3 Å². The highest BCUT2D eigenvalue weighted by atomic mass is 32.2. The Hall–Kier alpha value is -2.00. The Morgan fingerprint density at radius 1 is 1.18 bits per heavy atom. The zero-order valence-corrected chi connectivity index (χ0v) is 13.0. The van der Waals surface area contributed by atoms with Gasteiger partial charge in [0, 0.05) is 13.6 Å². The van der Waals surface area contributed by atoms with Gasteiger partial charge in [-0.05, 0) is 17.7 Å². The maximum atomic E-state index is 12.8. The highest BCUT2D eigenvalue weighted by Crippen LogP contribution is 2.08. The van der Waals surface area contributed by atoms with Gasteiger partial charge in [-0.1, -0.05) is 12.1 Å². The van der Waals surface area contributed by atoms with Crippen LogP contribution in [0.5, 0.6) is 0 Å². The fraction of sp³-hybridized carbons (Fsp3) is 0.385. The van der Waals surface area contributed by atoms with Crippen LogP contribution in [0.15, 0.2) is 24.3 Å². The minimum atomic E-state index is -3.55. The maximum Gasteiger partial charge on any atom is 0.323 e. The fourth-order valence-corrected chi connectivity index (χ4v) is 1.96. The number of carboxylic acid groups (broad SMARTS) is 1. The summed E-state index contributed by atoms with van der Waals surface area (Å²) in [6.45, 7) is -1.09. The summed E-state index contributed by atoms with van der Waals surface area (Å²) in [4.78, 5) is 23.9. The molecule has 22 heavy (non-hydrogen) atoms. The van der Waals surface area contributed by atoms with Gasteiger partial charge in [-0.15, -0.1) is 0 Å². The summed E-state index contributed by atoms with van der Waals surface area (Å²) < 4.78 is 36.3. The summed E-state index contributed by atoms with van der Waals surface area (Å²) in [6, 6.07) is 5.25. The quantitative estimate of drug-likeness (QED) is 0.766. The molecule has 0 heterocycles. The highest BCUT2D eigenvalue weighted by molar-refractivity contribution is 7.88. The van der Waals surface area contributed by atoms with Crippen molar-refractivity contribution >= 4 is 21.9 Å². The zero-order chi connectivity index (χ0) is 16.9. The Bertz CT molecular complexity index is 645. The smallest absolute Gasteiger partial charge is 0.323 e. The second-order valence-electron chi connectivity index (χ2n) is 4.79. The van der Waals surface area contributed by atoms with Crippen LogP contribution < -0.4 is 0 Å². The second kappa shape index (κ2) is 7.32. The molecule has 0 saturated heterocycles. The third-order valence-corrected chi connectivity index (χ3v) is 4.15. The molecule has 122 valence electrons. The number of carbonyl (C=O) groups excluding carboxylic acids is 1. The lowest BCUT2D eigenvalue weighted by molar-refractivity contribution is -0.144. The first-order valence-corrected chi connectivity index (χ1v) is 8.09. The van der Waals surface area contributed by atoms with E-state index in [0.717, 1.165) is 15.5 Å². The average molecular weight is 332 g/mol. The lowest BCUT2D eigenvalue weighted by Gasteiger charge is -2.23. The monoisotopic (exact) mass is 332 g/mol. The van der Waals surface area contributed by atoms with Gasteiger partial charge >= 0.3 is 5.97 Å². The first kappa shape index (κ1) is 18.1. The van der Waals surface area contributed by atoms with Crippen molar-refractivity contribution in [3.05, 3.63) is 35.6 Å². The van der Waals surface area contributed by atoms with Gasteiger partial charge in [-0.2, -0.15) is 4.31 Å². The molecule has 0 aliphatic rings. The largest absolute Gasteiger partial charge is 0.480 e. The molecule has 1 aromatic carbocycles. The molecule has 9 heteroatoms. The number of likely N-dealkylation sites (N-methyl/N-ethyl adjacent to an activating group) is 1. The van der Waals surface area contributed by atoms with Crippen LogP contribution >= 0.6 is 0 Å².